The molecule has 1 aliphatic heterocycles. The van der Waals surface area contributed by atoms with Crippen LogP contribution in [0.5, 0.6) is 5.75 Å². The molecule has 2 aromatic heterocycles. The summed E-state index contributed by atoms with van der Waals surface area (Å²) in [5, 5.41) is 0. The molecule has 0 unspecified atom stereocenters. The summed E-state index contributed by atoms with van der Waals surface area (Å²) in [5.41, 5.74) is 8.17. The summed E-state index contributed by atoms with van der Waals surface area (Å²) in [4.78, 5) is 22.9. The van der Waals surface area contributed by atoms with Crippen molar-refractivity contribution in [3.63, 3.8) is 0 Å². The summed E-state index contributed by atoms with van der Waals surface area (Å²) in [5.74, 6) is 0.649. The zero-order chi connectivity index (χ0) is 18.1. The van der Waals surface area contributed by atoms with Crippen molar-refractivity contribution < 1.29 is 14.3 Å². The molecule has 2 N–H and O–H groups in total. The molecule has 0 bridgehead atoms. The van der Waals surface area contributed by atoms with Crippen LogP contribution in [0.2, 0.25) is 0 Å². The number of morpholine rings is 1. The van der Waals surface area contributed by atoms with Gasteiger partial charge in [0.25, 0.3) is 5.91 Å². The van der Waals surface area contributed by atoms with Gasteiger partial charge in [-0.2, -0.15) is 0 Å². The zero-order valence-corrected chi connectivity index (χ0v) is 14.4. The molecule has 1 aliphatic rings. The Hall–Kier alpha value is -3.13. The number of nitrogens with two attached hydrogens (primary N) is 1. The van der Waals surface area contributed by atoms with Crippen molar-refractivity contribution in [2.24, 2.45) is 5.73 Å². The average Bonchev–Trinajstić information content (AvgIpc) is 3.06. The number of benzene rings is 1. The third-order valence-corrected chi connectivity index (χ3v) is 4.42. The average molecular weight is 353 g/mol. The van der Waals surface area contributed by atoms with E-state index < -0.39 is 5.91 Å². The first-order chi connectivity index (χ1) is 12.7. The lowest BCUT2D eigenvalue weighted by Crippen LogP contribution is -2.37. The van der Waals surface area contributed by atoms with E-state index in [9.17, 15) is 4.79 Å². The highest BCUT2D eigenvalue weighted by Gasteiger charge is 2.23. The Morgan fingerprint density at radius 1 is 1.31 bits per heavy atom. The minimum atomic E-state index is -0.549. The number of carbonyl (C=O) groups is 1. The monoisotopic (exact) mass is 353 g/mol. The van der Waals surface area contributed by atoms with Gasteiger partial charge in [0, 0.05) is 25.4 Å². The highest BCUT2D eigenvalue weighted by molar-refractivity contribution is 6.00. The molecule has 1 amide bonds. The predicted molar refractivity (Wildman–Crippen MR) is 97.0 cm³/mol. The first kappa shape index (κ1) is 16.3. The van der Waals surface area contributed by atoms with Crippen molar-refractivity contribution in [2.45, 2.75) is 0 Å². The fourth-order valence-electron chi connectivity index (χ4n) is 3.17. The molecule has 1 fully saturated rings. The number of hydrogen-bond acceptors (Lipinski definition) is 6. The second kappa shape index (κ2) is 6.64. The van der Waals surface area contributed by atoms with Crippen LogP contribution in [0.25, 0.3) is 16.7 Å². The number of imidazole rings is 1. The second-order valence-electron chi connectivity index (χ2n) is 5.96. The number of methoxy groups -OCH3 is 1. The summed E-state index contributed by atoms with van der Waals surface area (Å²) >= 11 is 0. The van der Waals surface area contributed by atoms with Crippen LogP contribution in [-0.4, -0.2) is 53.9 Å². The van der Waals surface area contributed by atoms with Gasteiger partial charge in [-0.15, -0.1) is 0 Å². The third kappa shape index (κ3) is 2.74. The topological polar surface area (TPSA) is 95.5 Å². The smallest absolute Gasteiger partial charge is 0.252 e. The lowest BCUT2D eigenvalue weighted by atomic mass is 10.1. The number of aromatic nitrogens is 3. The number of primary amides is 1. The molecule has 0 radical (unpaired) electrons. The molecule has 8 heteroatoms. The van der Waals surface area contributed by atoms with E-state index in [1.807, 2.05) is 16.7 Å². The van der Waals surface area contributed by atoms with E-state index in [0.29, 0.717) is 30.0 Å². The van der Waals surface area contributed by atoms with Crippen molar-refractivity contribution in [1.82, 2.24) is 14.5 Å². The van der Waals surface area contributed by atoms with Gasteiger partial charge in [0.05, 0.1) is 48.8 Å². The van der Waals surface area contributed by atoms with Crippen LogP contribution in [0.1, 0.15) is 10.4 Å². The summed E-state index contributed by atoms with van der Waals surface area (Å²) in [6.45, 7) is 2.77. The predicted octanol–water partition coefficient (Wildman–Crippen LogP) is 1.36. The maximum atomic E-state index is 11.8. The van der Waals surface area contributed by atoms with E-state index in [0.717, 1.165) is 30.2 Å². The van der Waals surface area contributed by atoms with Crippen LogP contribution >= 0.6 is 0 Å². The normalized spacial score (nSPS) is 14.6. The van der Waals surface area contributed by atoms with Gasteiger partial charge in [-0.05, 0) is 18.2 Å². The Labute approximate surface area is 150 Å². The van der Waals surface area contributed by atoms with Crippen LogP contribution in [0, 0.1) is 0 Å². The Bertz CT molecular complexity index is 948. The molecule has 3 heterocycles. The van der Waals surface area contributed by atoms with E-state index in [2.05, 4.69) is 9.88 Å². The number of fused-ring (bicyclic) bond motifs is 1. The highest BCUT2D eigenvalue weighted by Crippen LogP contribution is 2.32. The van der Waals surface area contributed by atoms with Gasteiger partial charge in [0.1, 0.15) is 5.75 Å². The number of ether oxygens (including phenoxy) is 2. The van der Waals surface area contributed by atoms with Gasteiger partial charge < -0.3 is 20.1 Å². The molecule has 1 aromatic carbocycles. The van der Waals surface area contributed by atoms with Crippen LogP contribution in [0.15, 0.2) is 36.7 Å². The molecule has 3 aromatic rings. The van der Waals surface area contributed by atoms with Crippen LogP contribution in [-0.2, 0) is 4.74 Å². The number of nitrogens with zero attached hydrogens (tertiary/aromatic N) is 4. The zero-order valence-electron chi connectivity index (χ0n) is 14.4. The van der Waals surface area contributed by atoms with Crippen molar-refractivity contribution in [3.8, 4) is 11.4 Å². The SMILES string of the molecule is COc1cc2c(cc1C(N)=O)nc(N1CCOCC1)n2-c1cccnc1. The van der Waals surface area contributed by atoms with Crippen LogP contribution < -0.4 is 15.4 Å². The largest absolute Gasteiger partial charge is 0.496 e. The number of anilines is 1. The maximum Gasteiger partial charge on any atom is 0.252 e. The van der Waals surface area contributed by atoms with Crippen molar-refractivity contribution >= 4 is 22.9 Å². The van der Waals surface area contributed by atoms with Crippen molar-refractivity contribution in [3.05, 3.63) is 42.2 Å². The summed E-state index contributed by atoms with van der Waals surface area (Å²) in [6, 6.07) is 7.30. The molecular weight excluding hydrogens is 334 g/mol. The number of rotatable bonds is 4. The van der Waals surface area contributed by atoms with E-state index >= 15 is 0 Å². The minimum absolute atomic E-state index is 0.310. The molecule has 0 aliphatic carbocycles. The Balaban J connectivity index is 1.98. The number of carbonyl (C=O) groups excluding carboxylic acids is 1. The standard InChI is InChI=1S/C18H19N5O3/c1-25-16-10-15-14(9-13(16)17(19)24)21-18(22-5-7-26-8-6-22)23(15)12-3-2-4-20-11-12/h2-4,9-11H,5-8H2,1H3,(H2,19,24). The molecule has 26 heavy (non-hydrogen) atoms. The lowest BCUT2D eigenvalue weighted by Gasteiger charge is -2.28. The Morgan fingerprint density at radius 2 is 2.12 bits per heavy atom. The molecule has 0 spiro atoms. The second-order valence-corrected chi connectivity index (χ2v) is 5.96. The van der Waals surface area contributed by atoms with E-state index in [1.54, 1.807) is 24.5 Å². The van der Waals surface area contributed by atoms with Gasteiger partial charge in [-0.25, -0.2) is 4.98 Å². The van der Waals surface area contributed by atoms with Crippen LogP contribution in [0.3, 0.4) is 0 Å². The first-order valence-electron chi connectivity index (χ1n) is 8.32. The molecule has 8 nitrogen and oxygen atoms in total. The minimum Gasteiger partial charge on any atom is -0.496 e. The van der Waals surface area contributed by atoms with Crippen LogP contribution in [0.4, 0.5) is 5.95 Å². The summed E-state index contributed by atoms with van der Waals surface area (Å²) in [6.07, 6.45) is 3.50. The molecule has 4 rings (SSSR count). The van der Waals surface area contributed by atoms with Gasteiger partial charge >= 0.3 is 0 Å². The quantitative estimate of drug-likeness (QED) is 0.761. The fourth-order valence-corrected chi connectivity index (χ4v) is 3.17. The van der Waals surface area contributed by atoms with E-state index in [-0.39, 0.29) is 0 Å². The number of pyridine rings is 1. The summed E-state index contributed by atoms with van der Waals surface area (Å²) < 4.78 is 12.8. The molecule has 134 valence electrons. The number of hydrogen-bond donors (Lipinski definition) is 1. The van der Waals surface area contributed by atoms with E-state index in [1.165, 1.54) is 7.11 Å². The van der Waals surface area contributed by atoms with E-state index in [4.69, 9.17) is 20.2 Å². The van der Waals surface area contributed by atoms with Gasteiger partial charge in [0.2, 0.25) is 5.95 Å². The molecule has 0 atom stereocenters. The van der Waals surface area contributed by atoms with Gasteiger partial charge in [-0.1, -0.05) is 0 Å². The Morgan fingerprint density at radius 3 is 2.77 bits per heavy atom. The molecule has 1 saturated heterocycles. The first-order valence-corrected chi connectivity index (χ1v) is 8.32. The van der Waals surface area contributed by atoms with Crippen molar-refractivity contribution in [2.75, 3.05) is 38.3 Å². The Kier molecular flexibility index (Phi) is 4.18. The number of amides is 1. The van der Waals surface area contributed by atoms with Crippen molar-refractivity contribution in [1.29, 1.82) is 0 Å². The van der Waals surface area contributed by atoms with Gasteiger partial charge in [-0.3, -0.25) is 14.3 Å². The highest BCUT2D eigenvalue weighted by atomic mass is 16.5. The summed E-state index contributed by atoms with van der Waals surface area (Å²) in [7, 11) is 1.52. The lowest BCUT2D eigenvalue weighted by molar-refractivity contribution is 0.0997. The third-order valence-electron chi connectivity index (χ3n) is 4.42. The fraction of sp³-hybridized carbons (Fsp3) is 0.278. The molecule has 0 saturated carbocycles. The maximum absolute atomic E-state index is 11.8. The molecular formula is C18H19N5O3. The van der Waals surface area contributed by atoms with Gasteiger partial charge in [0.15, 0.2) is 0 Å².